The Hall–Kier alpha value is -1.32. The molecule has 1 unspecified atom stereocenters. The second kappa shape index (κ2) is 13.0. The van der Waals surface area contributed by atoms with Crippen molar-refractivity contribution in [1.82, 2.24) is 15.5 Å². The van der Waals surface area contributed by atoms with Crippen LogP contribution in [-0.2, 0) is 6.54 Å². The van der Waals surface area contributed by atoms with Crippen molar-refractivity contribution in [2.24, 2.45) is 4.99 Å². The topological polar surface area (TPSA) is 48.9 Å². The minimum atomic E-state index is 0. The number of guanidine groups is 1. The zero-order chi connectivity index (χ0) is 18.8. The van der Waals surface area contributed by atoms with E-state index in [9.17, 15) is 0 Å². The highest BCUT2D eigenvalue weighted by molar-refractivity contribution is 14.0. The molecule has 1 heterocycles. The van der Waals surface area contributed by atoms with Crippen molar-refractivity contribution in [2.75, 3.05) is 40.8 Å². The number of hydrogen-bond donors (Lipinski definition) is 2. The fourth-order valence-electron chi connectivity index (χ4n) is 2.45. The van der Waals surface area contributed by atoms with E-state index in [-0.39, 0.29) is 24.0 Å². The van der Waals surface area contributed by atoms with Gasteiger partial charge in [0.1, 0.15) is 12.4 Å². The highest BCUT2D eigenvalue weighted by atomic mass is 127. The third-order valence-electron chi connectivity index (χ3n) is 4.13. The Labute approximate surface area is 184 Å². The maximum atomic E-state index is 5.92. The molecule has 1 aromatic carbocycles. The van der Waals surface area contributed by atoms with E-state index in [4.69, 9.17) is 4.74 Å². The van der Waals surface area contributed by atoms with Gasteiger partial charge in [0.05, 0.1) is 0 Å². The molecular formula is C20H31IN4OS. The molecule has 0 spiro atoms. The average Bonchev–Trinajstić information content (AvgIpc) is 3.17. The van der Waals surface area contributed by atoms with E-state index < -0.39 is 0 Å². The third-order valence-corrected chi connectivity index (χ3v) is 4.83. The fraction of sp³-hybridized carbons (Fsp3) is 0.450. The lowest BCUT2D eigenvalue weighted by Gasteiger charge is -2.17. The van der Waals surface area contributed by atoms with Gasteiger partial charge in [0.2, 0.25) is 0 Å². The summed E-state index contributed by atoms with van der Waals surface area (Å²) in [6.07, 6.45) is 0. The molecule has 27 heavy (non-hydrogen) atoms. The Morgan fingerprint density at radius 2 is 2.00 bits per heavy atom. The second-order valence-corrected chi connectivity index (χ2v) is 7.30. The lowest BCUT2D eigenvalue weighted by atomic mass is 10.1. The molecule has 0 radical (unpaired) electrons. The lowest BCUT2D eigenvalue weighted by Crippen LogP contribution is -2.38. The summed E-state index contributed by atoms with van der Waals surface area (Å²) >= 11 is 1.73. The predicted molar refractivity (Wildman–Crippen MR) is 127 cm³/mol. The molecule has 0 aliphatic rings. The summed E-state index contributed by atoms with van der Waals surface area (Å²) in [5, 5.41) is 11.1. The minimum Gasteiger partial charge on any atom is -0.492 e. The smallest absolute Gasteiger partial charge is 0.191 e. The Morgan fingerprint density at radius 3 is 2.67 bits per heavy atom. The molecule has 0 bridgehead atoms. The van der Waals surface area contributed by atoms with Crippen LogP contribution in [0.4, 0.5) is 0 Å². The normalized spacial score (nSPS) is 12.4. The standard InChI is InChI=1S/C20H30N4OS.HI/c1-16(18-9-12-26-15-18)13-22-20(21-2)23-14-17-7-5-6-8-19(17)25-11-10-24(3)4;/h5-9,12,15-16H,10-11,13-14H2,1-4H3,(H2,21,22,23);1H. The summed E-state index contributed by atoms with van der Waals surface area (Å²) in [7, 11) is 5.89. The van der Waals surface area contributed by atoms with Crippen LogP contribution in [0.15, 0.2) is 46.1 Å². The first-order chi connectivity index (χ1) is 12.6. The summed E-state index contributed by atoms with van der Waals surface area (Å²) in [5.41, 5.74) is 2.48. The zero-order valence-electron chi connectivity index (χ0n) is 16.6. The maximum Gasteiger partial charge on any atom is 0.191 e. The summed E-state index contributed by atoms with van der Waals surface area (Å²) in [4.78, 5) is 6.43. The molecule has 150 valence electrons. The van der Waals surface area contributed by atoms with Gasteiger partial charge >= 0.3 is 0 Å². The van der Waals surface area contributed by atoms with Crippen LogP contribution in [0.5, 0.6) is 5.75 Å². The number of benzene rings is 1. The summed E-state index contributed by atoms with van der Waals surface area (Å²) in [6.45, 7) is 5.30. The summed E-state index contributed by atoms with van der Waals surface area (Å²) in [5.74, 6) is 2.17. The van der Waals surface area contributed by atoms with E-state index >= 15 is 0 Å². The molecule has 0 saturated heterocycles. The van der Waals surface area contributed by atoms with Gasteiger partial charge in [0.15, 0.2) is 5.96 Å². The molecule has 5 nitrogen and oxygen atoms in total. The number of nitrogens with one attached hydrogen (secondary N) is 2. The Bertz CT molecular complexity index is 676. The van der Waals surface area contributed by atoms with Gasteiger partial charge in [0, 0.05) is 32.2 Å². The van der Waals surface area contributed by atoms with E-state index in [1.54, 1.807) is 18.4 Å². The molecule has 0 aliphatic heterocycles. The number of para-hydroxylation sites is 1. The third kappa shape index (κ3) is 8.49. The van der Waals surface area contributed by atoms with E-state index in [0.29, 0.717) is 19.1 Å². The molecule has 1 aromatic heterocycles. The number of thiophene rings is 1. The van der Waals surface area contributed by atoms with Crippen LogP contribution in [0, 0.1) is 0 Å². The predicted octanol–water partition coefficient (Wildman–Crippen LogP) is 3.78. The quantitative estimate of drug-likeness (QED) is 0.312. The molecule has 0 saturated carbocycles. The monoisotopic (exact) mass is 502 g/mol. The molecule has 2 N–H and O–H groups in total. The number of rotatable bonds is 9. The van der Waals surface area contributed by atoms with E-state index in [1.807, 2.05) is 32.3 Å². The van der Waals surface area contributed by atoms with Crippen LogP contribution in [0.1, 0.15) is 24.0 Å². The number of nitrogens with zero attached hydrogens (tertiary/aromatic N) is 2. The average molecular weight is 502 g/mol. The Morgan fingerprint density at radius 1 is 1.22 bits per heavy atom. The van der Waals surface area contributed by atoms with Crippen molar-refractivity contribution in [3.8, 4) is 5.75 Å². The number of aliphatic imine (C=N–C) groups is 1. The molecule has 7 heteroatoms. The van der Waals surface area contributed by atoms with Gasteiger partial charge in [-0.2, -0.15) is 11.3 Å². The minimum absolute atomic E-state index is 0. The van der Waals surface area contributed by atoms with Crippen molar-refractivity contribution in [3.05, 3.63) is 52.2 Å². The van der Waals surface area contributed by atoms with E-state index in [0.717, 1.165) is 30.4 Å². The van der Waals surface area contributed by atoms with Gasteiger partial charge in [-0.3, -0.25) is 4.99 Å². The summed E-state index contributed by atoms with van der Waals surface area (Å²) in [6, 6.07) is 10.3. The highest BCUT2D eigenvalue weighted by Gasteiger charge is 2.08. The molecule has 0 fully saturated rings. The Balaban J connectivity index is 0.00000364. The first-order valence-corrected chi connectivity index (χ1v) is 9.86. The van der Waals surface area contributed by atoms with Crippen LogP contribution >= 0.6 is 35.3 Å². The van der Waals surface area contributed by atoms with Crippen LogP contribution in [0.25, 0.3) is 0 Å². The first-order valence-electron chi connectivity index (χ1n) is 8.92. The SMILES string of the molecule is CN=C(NCc1ccccc1OCCN(C)C)NCC(C)c1ccsc1.I. The van der Waals surface area contributed by atoms with Gasteiger partial charge < -0.3 is 20.3 Å². The van der Waals surface area contributed by atoms with Gasteiger partial charge in [-0.15, -0.1) is 24.0 Å². The molecular weight excluding hydrogens is 471 g/mol. The van der Waals surface area contributed by atoms with Gasteiger partial charge in [-0.05, 0) is 48.5 Å². The van der Waals surface area contributed by atoms with Crippen molar-refractivity contribution >= 4 is 41.3 Å². The largest absolute Gasteiger partial charge is 0.492 e. The molecule has 0 amide bonds. The first kappa shape index (κ1) is 23.7. The fourth-order valence-corrected chi connectivity index (χ4v) is 3.23. The highest BCUT2D eigenvalue weighted by Crippen LogP contribution is 2.18. The van der Waals surface area contributed by atoms with Gasteiger partial charge in [-0.25, -0.2) is 0 Å². The molecule has 2 rings (SSSR count). The lowest BCUT2D eigenvalue weighted by molar-refractivity contribution is 0.259. The van der Waals surface area contributed by atoms with Crippen LogP contribution in [0.3, 0.4) is 0 Å². The number of hydrogen-bond acceptors (Lipinski definition) is 4. The zero-order valence-corrected chi connectivity index (χ0v) is 19.7. The van der Waals surface area contributed by atoms with Gasteiger partial charge in [0.25, 0.3) is 0 Å². The maximum absolute atomic E-state index is 5.92. The Kier molecular flexibility index (Phi) is 11.4. The van der Waals surface area contributed by atoms with Crippen LogP contribution < -0.4 is 15.4 Å². The van der Waals surface area contributed by atoms with Crippen molar-refractivity contribution in [3.63, 3.8) is 0 Å². The van der Waals surface area contributed by atoms with Crippen LogP contribution in [-0.4, -0.2) is 51.7 Å². The number of halogens is 1. The molecule has 1 atom stereocenters. The van der Waals surface area contributed by atoms with Crippen LogP contribution in [0.2, 0.25) is 0 Å². The van der Waals surface area contributed by atoms with Gasteiger partial charge in [-0.1, -0.05) is 25.1 Å². The van der Waals surface area contributed by atoms with Crippen molar-refractivity contribution in [1.29, 1.82) is 0 Å². The number of likely N-dealkylation sites (N-methyl/N-ethyl adjacent to an activating group) is 1. The van der Waals surface area contributed by atoms with E-state index in [2.05, 4.69) is 50.3 Å². The molecule has 2 aromatic rings. The second-order valence-electron chi connectivity index (χ2n) is 6.52. The molecule has 0 aliphatic carbocycles. The van der Waals surface area contributed by atoms with Crippen molar-refractivity contribution < 1.29 is 4.74 Å². The number of ether oxygens (including phenoxy) is 1. The summed E-state index contributed by atoms with van der Waals surface area (Å²) < 4.78 is 5.92. The van der Waals surface area contributed by atoms with E-state index in [1.165, 1.54) is 5.56 Å². The van der Waals surface area contributed by atoms with Crippen molar-refractivity contribution in [2.45, 2.75) is 19.4 Å².